The number of methoxy groups -OCH3 is 1. The third-order valence-electron chi connectivity index (χ3n) is 2.91. The van der Waals surface area contributed by atoms with Gasteiger partial charge in [0, 0.05) is 11.6 Å². The summed E-state index contributed by atoms with van der Waals surface area (Å²) in [5.74, 6) is -1.65. The fraction of sp³-hybridized carbons (Fsp3) is 0.462. The Labute approximate surface area is 119 Å². The molecule has 0 spiro atoms. The molecule has 1 unspecified atom stereocenters. The average molecular weight is 336 g/mol. The van der Waals surface area contributed by atoms with Crippen LogP contribution in [0.3, 0.4) is 0 Å². The third kappa shape index (κ3) is 3.73. The van der Waals surface area contributed by atoms with Crippen molar-refractivity contribution in [3.63, 3.8) is 0 Å². The number of carbonyl (C=O) groups excluding carboxylic acids is 1. The van der Waals surface area contributed by atoms with Crippen LogP contribution in [0.15, 0.2) is 16.6 Å². The van der Waals surface area contributed by atoms with E-state index in [1.165, 1.54) is 7.11 Å². The first kappa shape index (κ1) is 16.0. The molecule has 0 saturated heterocycles. The second-order valence-corrected chi connectivity index (χ2v) is 5.83. The molecule has 0 aliphatic rings. The zero-order valence-corrected chi connectivity index (χ0v) is 12.6. The number of hydrogen-bond donors (Lipinski definition) is 1. The van der Waals surface area contributed by atoms with Crippen LogP contribution in [0.4, 0.5) is 8.78 Å². The van der Waals surface area contributed by atoms with Crippen molar-refractivity contribution in [3.05, 3.63) is 33.8 Å². The molecule has 2 N–H and O–H groups in total. The summed E-state index contributed by atoms with van der Waals surface area (Å²) >= 11 is 2.90. The highest BCUT2D eigenvalue weighted by molar-refractivity contribution is 9.10. The lowest BCUT2D eigenvalue weighted by atomic mass is 9.84. The maximum Gasteiger partial charge on any atom is 0.311 e. The molecule has 0 aliphatic carbocycles. The van der Waals surface area contributed by atoms with Gasteiger partial charge in [0.15, 0.2) is 0 Å². The number of hydrogen-bond acceptors (Lipinski definition) is 3. The number of esters is 1. The van der Waals surface area contributed by atoms with Crippen molar-refractivity contribution in [1.82, 2.24) is 0 Å². The Morgan fingerprint density at radius 2 is 2.00 bits per heavy atom. The van der Waals surface area contributed by atoms with E-state index in [-0.39, 0.29) is 16.5 Å². The van der Waals surface area contributed by atoms with E-state index in [4.69, 9.17) is 5.73 Å². The van der Waals surface area contributed by atoms with Crippen molar-refractivity contribution in [2.75, 3.05) is 7.11 Å². The molecule has 0 aromatic heterocycles. The Bertz CT molecular complexity index is 492. The monoisotopic (exact) mass is 335 g/mol. The first-order valence-electron chi connectivity index (χ1n) is 5.67. The first-order chi connectivity index (χ1) is 8.69. The van der Waals surface area contributed by atoms with Gasteiger partial charge in [-0.1, -0.05) is 0 Å². The van der Waals surface area contributed by atoms with Gasteiger partial charge in [0.2, 0.25) is 0 Å². The van der Waals surface area contributed by atoms with Gasteiger partial charge in [-0.05, 0) is 48.3 Å². The van der Waals surface area contributed by atoms with E-state index in [1.54, 1.807) is 13.8 Å². The highest BCUT2D eigenvalue weighted by Gasteiger charge is 2.32. The van der Waals surface area contributed by atoms with Crippen molar-refractivity contribution < 1.29 is 18.3 Å². The summed E-state index contributed by atoms with van der Waals surface area (Å²) in [6, 6.07) is 1.27. The van der Waals surface area contributed by atoms with Gasteiger partial charge in [-0.2, -0.15) is 0 Å². The predicted molar refractivity (Wildman–Crippen MR) is 71.4 cm³/mol. The molecule has 0 aliphatic heterocycles. The zero-order valence-electron chi connectivity index (χ0n) is 11.0. The van der Waals surface area contributed by atoms with Gasteiger partial charge in [-0.15, -0.1) is 0 Å². The highest BCUT2D eigenvalue weighted by Crippen LogP contribution is 2.32. The highest BCUT2D eigenvalue weighted by atomic mass is 79.9. The van der Waals surface area contributed by atoms with Crippen LogP contribution < -0.4 is 5.73 Å². The summed E-state index contributed by atoms with van der Waals surface area (Å²) in [6.45, 7) is 3.29. The zero-order chi connectivity index (χ0) is 14.8. The lowest BCUT2D eigenvalue weighted by Crippen LogP contribution is -2.30. The Kier molecular flexibility index (Phi) is 5.04. The Morgan fingerprint density at radius 1 is 1.42 bits per heavy atom. The Morgan fingerprint density at radius 3 is 2.53 bits per heavy atom. The number of nitrogens with two attached hydrogens (primary N) is 1. The van der Waals surface area contributed by atoms with E-state index >= 15 is 0 Å². The van der Waals surface area contributed by atoms with Crippen LogP contribution in [0.5, 0.6) is 0 Å². The lowest BCUT2D eigenvalue weighted by molar-refractivity contribution is -0.151. The molecule has 0 bridgehead atoms. The first-order valence-corrected chi connectivity index (χ1v) is 6.46. The minimum atomic E-state index is -0.871. The maximum atomic E-state index is 13.7. The van der Waals surface area contributed by atoms with Crippen molar-refractivity contribution in [2.45, 2.75) is 26.3 Å². The quantitative estimate of drug-likeness (QED) is 0.678. The molecule has 0 amide bonds. The van der Waals surface area contributed by atoms with E-state index < -0.39 is 29.1 Å². The second-order valence-electron chi connectivity index (χ2n) is 4.97. The van der Waals surface area contributed by atoms with Crippen molar-refractivity contribution in [2.24, 2.45) is 11.1 Å². The predicted octanol–water partition coefficient (Wildman–Crippen LogP) is 3.32. The fourth-order valence-corrected chi connectivity index (χ4v) is 2.16. The summed E-state index contributed by atoms with van der Waals surface area (Å²) in [4.78, 5) is 11.6. The summed E-state index contributed by atoms with van der Waals surface area (Å²) in [6.07, 6.45) is 0.150. The van der Waals surface area contributed by atoms with Crippen LogP contribution >= 0.6 is 15.9 Å². The molecule has 1 rings (SSSR count). The molecule has 6 heteroatoms. The van der Waals surface area contributed by atoms with Crippen molar-refractivity contribution >= 4 is 21.9 Å². The standard InChI is InChI=1S/C13H16BrF2NO2/c1-13(2,12(18)19-3)6-11(17)7-4-10(16)8(14)5-9(7)15/h4-5,11H,6,17H2,1-3H3. The minimum Gasteiger partial charge on any atom is -0.469 e. The smallest absolute Gasteiger partial charge is 0.311 e. The molecule has 3 nitrogen and oxygen atoms in total. The van der Waals surface area contributed by atoms with Crippen LogP contribution in [-0.4, -0.2) is 13.1 Å². The molecule has 0 fully saturated rings. The van der Waals surface area contributed by atoms with Crippen LogP contribution in [0.1, 0.15) is 31.9 Å². The van der Waals surface area contributed by atoms with Crippen LogP contribution in [0.2, 0.25) is 0 Å². The minimum absolute atomic E-state index is 0.0354. The number of carbonyl (C=O) groups is 1. The van der Waals surface area contributed by atoms with Gasteiger partial charge in [0.05, 0.1) is 17.0 Å². The number of halogens is 3. The van der Waals surface area contributed by atoms with Crippen LogP contribution in [0.25, 0.3) is 0 Å². The topological polar surface area (TPSA) is 52.3 Å². The number of ether oxygens (including phenoxy) is 1. The summed E-state index contributed by atoms with van der Waals surface area (Å²) < 4.78 is 31.9. The largest absolute Gasteiger partial charge is 0.469 e. The van der Waals surface area contributed by atoms with Gasteiger partial charge in [-0.3, -0.25) is 4.79 Å². The summed E-state index contributed by atoms with van der Waals surface area (Å²) in [5, 5.41) is 0. The molecule has 1 aromatic carbocycles. The van der Waals surface area contributed by atoms with Gasteiger partial charge >= 0.3 is 5.97 Å². The van der Waals surface area contributed by atoms with Gasteiger partial charge in [0.1, 0.15) is 11.6 Å². The third-order valence-corrected chi connectivity index (χ3v) is 3.51. The van der Waals surface area contributed by atoms with Crippen molar-refractivity contribution in [3.8, 4) is 0 Å². The SMILES string of the molecule is COC(=O)C(C)(C)CC(N)c1cc(F)c(Br)cc1F. The van der Waals surface area contributed by atoms with E-state index in [2.05, 4.69) is 20.7 Å². The summed E-state index contributed by atoms with van der Waals surface area (Å²) in [7, 11) is 1.27. The Balaban J connectivity index is 2.99. The molecule has 1 atom stereocenters. The number of benzene rings is 1. The maximum absolute atomic E-state index is 13.7. The molecule has 19 heavy (non-hydrogen) atoms. The molecule has 0 saturated carbocycles. The molecular weight excluding hydrogens is 320 g/mol. The average Bonchev–Trinajstić information content (AvgIpc) is 2.31. The van der Waals surface area contributed by atoms with Gasteiger partial charge in [-0.25, -0.2) is 8.78 Å². The number of rotatable bonds is 4. The van der Waals surface area contributed by atoms with E-state index in [1.807, 2.05) is 0 Å². The fourth-order valence-electron chi connectivity index (χ4n) is 1.84. The Hall–Kier alpha value is -1.01. The molecular formula is C13H16BrF2NO2. The molecule has 106 valence electrons. The second kappa shape index (κ2) is 5.96. The van der Waals surface area contributed by atoms with E-state index in [9.17, 15) is 13.6 Å². The lowest BCUT2D eigenvalue weighted by Gasteiger charge is -2.25. The van der Waals surface area contributed by atoms with Crippen LogP contribution in [-0.2, 0) is 9.53 Å². The van der Waals surface area contributed by atoms with E-state index in [0.29, 0.717) is 0 Å². The normalized spacial score (nSPS) is 13.2. The van der Waals surface area contributed by atoms with Crippen LogP contribution in [0, 0.1) is 17.0 Å². The molecule has 0 radical (unpaired) electrons. The molecule has 0 heterocycles. The van der Waals surface area contributed by atoms with Gasteiger partial charge < -0.3 is 10.5 Å². The van der Waals surface area contributed by atoms with Gasteiger partial charge in [0.25, 0.3) is 0 Å². The van der Waals surface area contributed by atoms with Crippen molar-refractivity contribution in [1.29, 1.82) is 0 Å². The molecule has 1 aromatic rings. The summed E-state index contributed by atoms with van der Waals surface area (Å²) in [5.41, 5.74) is 5.03. The van der Waals surface area contributed by atoms with E-state index in [0.717, 1.165) is 12.1 Å².